The maximum Gasteiger partial charge on any atom is 0.253 e. The molecule has 0 aliphatic heterocycles. The van der Waals surface area contributed by atoms with Crippen molar-refractivity contribution in [2.24, 2.45) is 0 Å². The molecule has 1 aromatic carbocycles. The van der Waals surface area contributed by atoms with Gasteiger partial charge in [0.05, 0.1) is 10.7 Å². The summed E-state index contributed by atoms with van der Waals surface area (Å²) in [4.78, 5) is 11.6. The number of hydrogen-bond acceptors (Lipinski definition) is 3. The summed E-state index contributed by atoms with van der Waals surface area (Å²) >= 11 is 5.88. The molecule has 4 nitrogen and oxygen atoms in total. The van der Waals surface area contributed by atoms with E-state index in [-0.39, 0.29) is 5.91 Å². The van der Waals surface area contributed by atoms with E-state index in [0.29, 0.717) is 16.4 Å². The first-order valence-electron chi connectivity index (χ1n) is 4.85. The van der Waals surface area contributed by atoms with Gasteiger partial charge in [-0.05, 0) is 31.5 Å². The summed E-state index contributed by atoms with van der Waals surface area (Å²) in [5.74, 6) is -0.216. The molecule has 0 saturated carbocycles. The van der Waals surface area contributed by atoms with Crippen LogP contribution in [0.15, 0.2) is 12.1 Å². The summed E-state index contributed by atoms with van der Waals surface area (Å²) in [6.45, 7) is 3.52. The Morgan fingerprint density at radius 3 is 2.75 bits per heavy atom. The Bertz CT molecular complexity index is 407. The van der Waals surface area contributed by atoms with Gasteiger partial charge in [0.15, 0.2) is 0 Å². The van der Waals surface area contributed by atoms with Gasteiger partial charge in [0.25, 0.3) is 5.91 Å². The van der Waals surface area contributed by atoms with Crippen molar-refractivity contribution in [2.45, 2.75) is 20.0 Å². The van der Waals surface area contributed by atoms with Crippen LogP contribution in [0.2, 0.25) is 5.02 Å². The zero-order chi connectivity index (χ0) is 12.3. The summed E-state index contributed by atoms with van der Waals surface area (Å²) in [5, 5.41) is 3.15. The van der Waals surface area contributed by atoms with Crippen molar-refractivity contribution in [2.75, 3.05) is 18.2 Å². The molecule has 1 aromatic rings. The summed E-state index contributed by atoms with van der Waals surface area (Å²) in [5.41, 5.74) is 7.64. The number of nitrogen functional groups attached to an aromatic ring is 1. The molecule has 0 spiro atoms. The van der Waals surface area contributed by atoms with Gasteiger partial charge in [-0.2, -0.15) is 0 Å². The third kappa shape index (κ3) is 2.87. The van der Waals surface area contributed by atoms with Crippen molar-refractivity contribution in [1.29, 1.82) is 0 Å². The molecule has 0 aliphatic rings. The topological polar surface area (TPSA) is 64.3 Å². The van der Waals surface area contributed by atoms with Crippen molar-refractivity contribution in [3.8, 4) is 0 Å². The van der Waals surface area contributed by atoms with Gasteiger partial charge in [0.1, 0.15) is 6.10 Å². The lowest BCUT2D eigenvalue weighted by molar-refractivity contribution is -0.124. The Morgan fingerprint density at radius 2 is 2.19 bits per heavy atom. The fourth-order valence-electron chi connectivity index (χ4n) is 1.18. The number of amides is 1. The van der Waals surface area contributed by atoms with E-state index in [1.807, 2.05) is 6.92 Å². The third-order valence-corrected chi connectivity index (χ3v) is 2.65. The maximum atomic E-state index is 11.6. The molecule has 0 aliphatic carbocycles. The van der Waals surface area contributed by atoms with E-state index in [1.165, 1.54) is 7.11 Å². The molecule has 1 atom stereocenters. The molecule has 3 N–H and O–H groups in total. The van der Waals surface area contributed by atoms with Crippen molar-refractivity contribution >= 4 is 28.9 Å². The van der Waals surface area contributed by atoms with Crippen LogP contribution in [0.25, 0.3) is 0 Å². The summed E-state index contributed by atoms with van der Waals surface area (Å²) in [6.07, 6.45) is -0.504. The molecule has 0 bridgehead atoms. The van der Waals surface area contributed by atoms with Crippen LogP contribution < -0.4 is 11.1 Å². The van der Waals surface area contributed by atoms with E-state index in [2.05, 4.69) is 5.32 Å². The number of benzene rings is 1. The molecule has 0 saturated heterocycles. The molecular formula is C11H15ClN2O2. The fraction of sp³-hybridized carbons (Fsp3) is 0.364. The lowest BCUT2D eigenvalue weighted by Crippen LogP contribution is -2.26. The lowest BCUT2D eigenvalue weighted by atomic mass is 10.1. The van der Waals surface area contributed by atoms with E-state index in [9.17, 15) is 4.79 Å². The molecule has 0 aromatic heterocycles. The van der Waals surface area contributed by atoms with E-state index in [4.69, 9.17) is 22.1 Å². The second-order valence-corrected chi connectivity index (χ2v) is 3.96. The molecule has 0 radical (unpaired) electrons. The first-order valence-corrected chi connectivity index (χ1v) is 5.22. The second kappa shape index (κ2) is 5.18. The predicted octanol–water partition coefficient (Wildman–Crippen LogP) is 2.20. The summed E-state index contributed by atoms with van der Waals surface area (Å²) in [7, 11) is 1.48. The molecule has 1 unspecified atom stereocenters. The average molecular weight is 243 g/mol. The number of carbonyl (C=O) groups excluding carboxylic acids is 1. The zero-order valence-electron chi connectivity index (χ0n) is 9.50. The highest BCUT2D eigenvalue weighted by molar-refractivity contribution is 6.33. The van der Waals surface area contributed by atoms with Crippen LogP contribution in [-0.2, 0) is 9.53 Å². The van der Waals surface area contributed by atoms with Gasteiger partial charge >= 0.3 is 0 Å². The van der Waals surface area contributed by atoms with Crippen LogP contribution in [0.5, 0.6) is 0 Å². The molecule has 0 fully saturated rings. The van der Waals surface area contributed by atoms with Gasteiger partial charge in [-0.25, -0.2) is 0 Å². The normalized spacial score (nSPS) is 12.2. The van der Waals surface area contributed by atoms with Crippen molar-refractivity contribution in [3.05, 3.63) is 22.7 Å². The molecular weight excluding hydrogens is 228 g/mol. The van der Waals surface area contributed by atoms with Crippen LogP contribution >= 0.6 is 11.6 Å². The largest absolute Gasteiger partial charge is 0.398 e. The molecule has 5 heteroatoms. The number of nitrogens with two attached hydrogens (primary N) is 1. The fourth-order valence-corrected chi connectivity index (χ4v) is 1.34. The standard InChI is InChI=1S/C11H15ClN2O2/c1-6-4-9(13)8(12)5-10(6)14-11(15)7(2)16-3/h4-5,7H,13H2,1-3H3,(H,14,15). The van der Waals surface area contributed by atoms with Crippen LogP contribution in [-0.4, -0.2) is 19.1 Å². The van der Waals surface area contributed by atoms with Crippen LogP contribution in [0.4, 0.5) is 11.4 Å². The summed E-state index contributed by atoms with van der Waals surface area (Å²) in [6, 6.07) is 3.35. The van der Waals surface area contributed by atoms with E-state index >= 15 is 0 Å². The number of carbonyl (C=O) groups is 1. The van der Waals surface area contributed by atoms with Gasteiger partial charge < -0.3 is 15.8 Å². The number of methoxy groups -OCH3 is 1. The molecule has 88 valence electrons. The van der Waals surface area contributed by atoms with E-state index < -0.39 is 6.10 Å². The van der Waals surface area contributed by atoms with Gasteiger partial charge in [-0.1, -0.05) is 11.6 Å². The van der Waals surface area contributed by atoms with Gasteiger partial charge in [0.2, 0.25) is 0 Å². The first-order chi connectivity index (χ1) is 7.45. The molecule has 1 rings (SSSR count). The molecule has 0 heterocycles. The number of nitrogens with one attached hydrogen (secondary N) is 1. The first kappa shape index (κ1) is 12.8. The SMILES string of the molecule is COC(C)C(=O)Nc1cc(Cl)c(N)cc1C. The smallest absolute Gasteiger partial charge is 0.253 e. The van der Waals surface area contributed by atoms with Crippen molar-refractivity contribution in [1.82, 2.24) is 0 Å². The van der Waals surface area contributed by atoms with Gasteiger partial charge in [-0.3, -0.25) is 4.79 Å². The Balaban J connectivity index is 2.90. The average Bonchev–Trinajstić information content (AvgIpc) is 2.24. The number of anilines is 2. The molecule has 1 amide bonds. The summed E-state index contributed by atoms with van der Waals surface area (Å²) < 4.78 is 4.91. The van der Waals surface area contributed by atoms with E-state index in [1.54, 1.807) is 19.1 Å². The highest BCUT2D eigenvalue weighted by Gasteiger charge is 2.13. The number of ether oxygens (including phenoxy) is 1. The Kier molecular flexibility index (Phi) is 4.15. The van der Waals surface area contributed by atoms with Crippen molar-refractivity contribution in [3.63, 3.8) is 0 Å². The maximum absolute atomic E-state index is 11.6. The minimum absolute atomic E-state index is 0.216. The van der Waals surface area contributed by atoms with Crippen LogP contribution in [0, 0.1) is 6.92 Å². The Hall–Kier alpha value is -1.26. The molecule has 16 heavy (non-hydrogen) atoms. The minimum atomic E-state index is -0.504. The number of rotatable bonds is 3. The van der Waals surface area contributed by atoms with Gasteiger partial charge in [-0.15, -0.1) is 0 Å². The lowest BCUT2D eigenvalue weighted by Gasteiger charge is -2.13. The zero-order valence-corrected chi connectivity index (χ0v) is 10.3. The number of aryl methyl sites for hydroxylation is 1. The predicted molar refractivity (Wildman–Crippen MR) is 65.7 cm³/mol. The number of hydrogen-bond donors (Lipinski definition) is 2. The third-order valence-electron chi connectivity index (χ3n) is 2.32. The van der Waals surface area contributed by atoms with E-state index in [0.717, 1.165) is 5.56 Å². The second-order valence-electron chi connectivity index (χ2n) is 3.56. The quantitative estimate of drug-likeness (QED) is 0.799. The van der Waals surface area contributed by atoms with Gasteiger partial charge in [0, 0.05) is 12.8 Å². The highest BCUT2D eigenvalue weighted by atomic mass is 35.5. The monoisotopic (exact) mass is 242 g/mol. The number of halogens is 1. The van der Waals surface area contributed by atoms with Crippen molar-refractivity contribution < 1.29 is 9.53 Å². The Labute approximate surface area is 99.7 Å². The van der Waals surface area contributed by atoms with Crippen LogP contribution in [0.1, 0.15) is 12.5 Å². The van der Waals surface area contributed by atoms with Crippen LogP contribution in [0.3, 0.4) is 0 Å². The Morgan fingerprint density at radius 1 is 1.56 bits per heavy atom. The highest BCUT2D eigenvalue weighted by Crippen LogP contribution is 2.26. The minimum Gasteiger partial charge on any atom is -0.398 e.